The lowest BCUT2D eigenvalue weighted by molar-refractivity contribution is 0.700. The number of hydrogen-bond acceptors (Lipinski definition) is 1. The molecule has 2 N–H and O–H groups in total. The topological polar surface area (TPSA) is 36.4 Å². The minimum Gasteiger partial charge on any atom is -0.357 e. The second-order valence-electron chi connectivity index (χ2n) is 3.98. The number of hydrogen-bond donors (Lipinski definition) is 2. The van der Waals surface area contributed by atoms with Crippen molar-refractivity contribution in [3.05, 3.63) is 35.9 Å². The first kappa shape index (κ1) is 12.6. The standard InChI is InChI=1S/C13H21N3/c1-4-14-13(16-11(2)3)15-10-12-8-6-5-7-9-12/h5-9,11H,4,10H2,1-3H3,(H2,14,15,16). The molecule has 3 heteroatoms. The van der Waals surface area contributed by atoms with E-state index in [-0.39, 0.29) is 0 Å². The van der Waals surface area contributed by atoms with Crippen LogP contribution in [0.1, 0.15) is 26.3 Å². The molecule has 0 fully saturated rings. The summed E-state index contributed by atoms with van der Waals surface area (Å²) in [5, 5.41) is 6.51. The van der Waals surface area contributed by atoms with Crippen LogP contribution in [0.25, 0.3) is 0 Å². The highest BCUT2D eigenvalue weighted by molar-refractivity contribution is 5.79. The first-order chi connectivity index (χ1) is 7.72. The van der Waals surface area contributed by atoms with E-state index in [0.29, 0.717) is 12.6 Å². The van der Waals surface area contributed by atoms with Crippen molar-refractivity contribution in [1.29, 1.82) is 0 Å². The van der Waals surface area contributed by atoms with Crippen molar-refractivity contribution in [1.82, 2.24) is 10.6 Å². The number of aliphatic imine (C=N–C) groups is 1. The maximum absolute atomic E-state index is 4.52. The monoisotopic (exact) mass is 219 g/mol. The Kier molecular flexibility index (Phi) is 5.40. The number of guanidine groups is 1. The molecule has 3 nitrogen and oxygen atoms in total. The van der Waals surface area contributed by atoms with Crippen LogP contribution in [0.4, 0.5) is 0 Å². The van der Waals surface area contributed by atoms with Crippen LogP contribution in [0.15, 0.2) is 35.3 Å². The van der Waals surface area contributed by atoms with Crippen molar-refractivity contribution in [2.45, 2.75) is 33.4 Å². The van der Waals surface area contributed by atoms with E-state index < -0.39 is 0 Å². The van der Waals surface area contributed by atoms with Gasteiger partial charge in [-0.2, -0.15) is 0 Å². The zero-order valence-corrected chi connectivity index (χ0v) is 10.3. The minimum absolute atomic E-state index is 0.397. The highest BCUT2D eigenvalue weighted by Crippen LogP contribution is 1.99. The molecule has 0 spiro atoms. The summed E-state index contributed by atoms with van der Waals surface area (Å²) in [4.78, 5) is 4.52. The van der Waals surface area contributed by atoms with E-state index >= 15 is 0 Å². The first-order valence-electron chi connectivity index (χ1n) is 5.81. The number of rotatable bonds is 4. The van der Waals surface area contributed by atoms with E-state index in [2.05, 4.69) is 48.5 Å². The van der Waals surface area contributed by atoms with Gasteiger partial charge in [-0.3, -0.25) is 0 Å². The molecular formula is C13H21N3. The third-order valence-electron chi connectivity index (χ3n) is 2.03. The molecule has 1 aromatic carbocycles. The zero-order chi connectivity index (χ0) is 11.8. The third-order valence-corrected chi connectivity index (χ3v) is 2.03. The minimum atomic E-state index is 0.397. The summed E-state index contributed by atoms with van der Waals surface area (Å²) in [5.41, 5.74) is 1.23. The Morgan fingerprint density at radius 2 is 1.94 bits per heavy atom. The van der Waals surface area contributed by atoms with E-state index in [9.17, 15) is 0 Å². The van der Waals surface area contributed by atoms with Crippen molar-refractivity contribution in [2.24, 2.45) is 4.99 Å². The maximum atomic E-state index is 4.52. The molecule has 0 atom stereocenters. The fourth-order valence-electron chi connectivity index (χ4n) is 1.35. The van der Waals surface area contributed by atoms with Gasteiger partial charge in [-0.25, -0.2) is 4.99 Å². The number of benzene rings is 1. The van der Waals surface area contributed by atoms with Gasteiger partial charge in [0.15, 0.2) is 5.96 Å². The Bertz CT molecular complexity index is 317. The Morgan fingerprint density at radius 3 is 2.50 bits per heavy atom. The predicted octanol–water partition coefficient (Wildman–Crippen LogP) is 2.15. The quantitative estimate of drug-likeness (QED) is 0.601. The Hall–Kier alpha value is -1.51. The van der Waals surface area contributed by atoms with Crippen LogP contribution in [0.3, 0.4) is 0 Å². The van der Waals surface area contributed by atoms with Gasteiger partial charge < -0.3 is 10.6 Å². The molecule has 1 rings (SSSR count). The molecule has 0 bridgehead atoms. The summed E-state index contributed by atoms with van der Waals surface area (Å²) < 4.78 is 0. The van der Waals surface area contributed by atoms with Crippen molar-refractivity contribution in [3.63, 3.8) is 0 Å². The largest absolute Gasteiger partial charge is 0.357 e. The van der Waals surface area contributed by atoms with Crippen LogP contribution in [0.2, 0.25) is 0 Å². The fraction of sp³-hybridized carbons (Fsp3) is 0.462. The van der Waals surface area contributed by atoms with Gasteiger partial charge in [0.2, 0.25) is 0 Å². The average molecular weight is 219 g/mol. The average Bonchev–Trinajstić information content (AvgIpc) is 2.27. The second kappa shape index (κ2) is 6.88. The van der Waals surface area contributed by atoms with E-state index in [4.69, 9.17) is 0 Å². The van der Waals surface area contributed by atoms with E-state index in [1.54, 1.807) is 0 Å². The summed E-state index contributed by atoms with van der Waals surface area (Å²) >= 11 is 0. The zero-order valence-electron chi connectivity index (χ0n) is 10.3. The number of nitrogens with one attached hydrogen (secondary N) is 2. The summed E-state index contributed by atoms with van der Waals surface area (Å²) in [6.07, 6.45) is 0. The van der Waals surface area contributed by atoms with Crippen molar-refractivity contribution in [2.75, 3.05) is 6.54 Å². The van der Waals surface area contributed by atoms with Crippen LogP contribution < -0.4 is 10.6 Å². The van der Waals surface area contributed by atoms with Crippen LogP contribution in [0.5, 0.6) is 0 Å². The molecule has 16 heavy (non-hydrogen) atoms. The first-order valence-corrected chi connectivity index (χ1v) is 5.81. The molecule has 1 aromatic rings. The summed E-state index contributed by atoms with van der Waals surface area (Å²) in [6, 6.07) is 10.7. The lowest BCUT2D eigenvalue weighted by Gasteiger charge is -2.13. The predicted molar refractivity (Wildman–Crippen MR) is 69.5 cm³/mol. The SMILES string of the molecule is CCNC(=NCc1ccccc1)NC(C)C. The van der Waals surface area contributed by atoms with Crippen molar-refractivity contribution in [3.8, 4) is 0 Å². The Balaban J connectivity index is 2.57. The van der Waals surface area contributed by atoms with Gasteiger partial charge in [-0.05, 0) is 26.3 Å². The van der Waals surface area contributed by atoms with Gasteiger partial charge in [0.05, 0.1) is 6.54 Å². The lowest BCUT2D eigenvalue weighted by atomic mass is 10.2. The van der Waals surface area contributed by atoms with Gasteiger partial charge in [0, 0.05) is 12.6 Å². The molecule has 0 amide bonds. The summed E-state index contributed by atoms with van der Waals surface area (Å²) in [6.45, 7) is 7.88. The van der Waals surface area contributed by atoms with Crippen molar-refractivity contribution >= 4 is 5.96 Å². The van der Waals surface area contributed by atoms with Crippen LogP contribution in [-0.4, -0.2) is 18.5 Å². The third kappa shape index (κ3) is 4.82. The molecule has 88 valence electrons. The van der Waals surface area contributed by atoms with Gasteiger partial charge in [0.25, 0.3) is 0 Å². The van der Waals surface area contributed by atoms with E-state index in [1.165, 1.54) is 5.56 Å². The molecule has 0 aromatic heterocycles. The molecule has 0 radical (unpaired) electrons. The Morgan fingerprint density at radius 1 is 1.25 bits per heavy atom. The normalized spacial score (nSPS) is 11.6. The lowest BCUT2D eigenvalue weighted by Crippen LogP contribution is -2.40. The van der Waals surface area contributed by atoms with Crippen molar-refractivity contribution < 1.29 is 0 Å². The summed E-state index contributed by atoms with van der Waals surface area (Å²) in [7, 11) is 0. The molecule has 0 saturated heterocycles. The molecule has 0 aliphatic carbocycles. The van der Waals surface area contributed by atoms with Crippen LogP contribution in [0, 0.1) is 0 Å². The van der Waals surface area contributed by atoms with Crippen LogP contribution in [-0.2, 0) is 6.54 Å². The second-order valence-corrected chi connectivity index (χ2v) is 3.98. The number of nitrogens with zero attached hydrogens (tertiary/aromatic N) is 1. The summed E-state index contributed by atoms with van der Waals surface area (Å²) in [5.74, 6) is 0.876. The van der Waals surface area contributed by atoms with E-state index in [0.717, 1.165) is 12.5 Å². The Labute approximate surface area is 98.0 Å². The fourth-order valence-corrected chi connectivity index (χ4v) is 1.35. The molecule has 0 saturated carbocycles. The smallest absolute Gasteiger partial charge is 0.191 e. The highest BCUT2D eigenvalue weighted by Gasteiger charge is 1.98. The van der Waals surface area contributed by atoms with Gasteiger partial charge in [-0.1, -0.05) is 30.3 Å². The highest BCUT2D eigenvalue weighted by atomic mass is 15.2. The van der Waals surface area contributed by atoms with Gasteiger partial charge in [-0.15, -0.1) is 0 Å². The molecule has 0 aliphatic rings. The molecule has 0 aliphatic heterocycles. The molecule has 0 heterocycles. The van der Waals surface area contributed by atoms with E-state index in [1.807, 2.05) is 18.2 Å². The van der Waals surface area contributed by atoms with Gasteiger partial charge >= 0.3 is 0 Å². The maximum Gasteiger partial charge on any atom is 0.191 e. The van der Waals surface area contributed by atoms with Crippen LogP contribution >= 0.6 is 0 Å². The molecule has 0 unspecified atom stereocenters. The van der Waals surface area contributed by atoms with Gasteiger partial charge in [0.1, 0.15) is 0 Å². The molecular weight excluding hydrogens is 198 g/mol.